The first-order valence-electron chi connectivity index (χ1n) is 11.8. The molecule has 0 aliphatic carbocycles. The largest absolute Gasteiger partial charge is 0.346 e. The van der Waals surface area contributed by atoms with Crippen molar-refractivity contribution < 1.29 is 13.2 Å². The highest BCUT2D eigenvalue weighted by Gasteiger charge is 2.36. The number of hydrogen-bond donors (Lipinski definition) is 1. The van der Waals surface area contributed by atoms with E-state index in [1.165, 1.54) is 6.33 Å². The van der Waals surface area contributed by atoms with E-state index in [4.69, 9.17) is 4.98 Å². The van der Waals surface area contributed by atoms with Crippen LogP contribution in [0.1, 0.15) is 36.9 Å². The Hall–Kier alpha value is -3.53. The Kier molecular flexibility index (Phi) is 5.60. The second kappa shape index (κ2) is 8.92. The third kappa shape index (κ3) is 4.12. The maximum Gasteiger partial charge on any atom is 0.130 e. The average Bonchev–Trinajstić information content (AvgIpc) is 3.52. The summed E-state index contributed by atoms with van der Waals surface area (Å²) in [7, 11) is 0. The summed E-state index contributed by atoms with van der Waals surface area (Å²) in [4.78, 5) is 15.3. The number of fused-ring (bicyclic) bond motifs is 1. The van der Waals surface area contributed by atoms with Gasteiger partial charge >= 0.3 is 0 Å². The molecule has 7 nitrogen and oxygen atoms in total. The van der Waals surface area contributed by atoms with Crippen LogP contribution in [0.3, 0.4) is 0 Å². The molecular weight excluding hydrogens is 455 g/mol. The van der Waals surface area contributed by atoms with Crippen molar-refractivity contribution >= 4 is 16.9 Å². The fourth-order valence-corrected chi connectivity index (χ4v) is 5.14. The molecule has 3 aromatic heterocycles. The molecule has 35 heavy (non-hydrogen) atoms. The Morgan fingerprint density at radius 2 is 1.89 bits per heavy atom. The lowest BCUT2D eigenvalue weighted by Gasteiger charge is -2.26. The number of alkyl halides is 1. The van der Waals surface area contributed by atoms with Gasteiger partial charge < -0.3 is 10.2 Å². The van der Waals surface area contributed by atoms with Gasteiger partial charge in [-0.2, -0.15) is 5.10 Å². The molecule has 0 bridgehead atoms. The number of hydrogen-bond acceptors (Lipinski definition) is 6. The van der Waals surface area contributed by atoms with Crippen molar-refractivity contribution in [1.29, 1.82) is 0 Å². The van der Waals surface area contributed by atoms with Crippen LogP contribution in [0.25, 0.3) is 22.3 Å². The topological polar surface area (TPSA) is 71.8 Å². The number of nitrogens with zero attached hydrogens (tertiary/aromatic N) is 6. The van der Waals surface area contributed by atoms with E-state index >= 15 is 0 Å². The minimum Gasteiger partial charge on any atom is -0.346 e. The number of pyridine rings is 1. The van der Waals surface area contributed by atoms with Crippen LogP contribution in [-0.4, -0.2) is 50.5 Å². The van der Waals surface area contributed by atoms with Crippen molar-refractivity contribution in [1.82, 2.24) is 30.0 Å². The number of anilines is 1. The summed E-state index contributed by atoms with van der Waals surface area (Å²) in [5.74, 6) is -0.657. The van der Waals surface area contributed by atoms with Gasteiger partial charge in [-0.05, 0) is 56.3 Å². The molecule has 1 N–H and O–H groups in total. The molecule has 6 rings (SSSR count). The van der Waals surface area contributed by atoms with Crippen molar-refractivity contribution in [3.8, 4) is 11.3 Å². The lowest BCUT2D eigenvalue weighted by atomic mass is 10.0. The summed E-state index contributed by atoms with van der Waals surface area (Å²) in [5.41, 5.74) is 2.76. The predicted octanol–water partition coefficient (Wildman–Crippen LogP) is 4.38. The van der Waals surface area contributed by atoms with Gasteiger partial charge in [0.05, 0.1) is 30.3 Å². The van der Waals surface area contributed by atoms with E-state index in [9.17, 15) is 13.2 Å². The maximum absolute atomic E-state index is 14.6. The molecule has 0 amide bonds. The lowest BCUT2D eigenvalue weighted by molar-refractivity contribution is 0.343. The van der Waals surface area contributed by atoms with Crippen molar-refractivity contribution in [2.45, 2.75) is 37.5 Å². The van der Waals surface area contributed by atoms with E-state index in [0.717, 1.165) is 49.7 Å². The molecule has 0 unspecified atom stereocenters. The normalized spacial score (nSPS) is 21.2. The van der Waals surface area contributed by atoms with E-state index in [1.54, 1.807) is 23.2 Å². The predicted molar refractivity (Wildman–Crippen MR) is 126 cm³/mol. The zero-order valence-corrected chi connectivity index (χ0v) is 18.9. The Morgan fingerprint density at radius 1 is 1.03 bits per heavy atom. The van der Waals surface area contributed by atoms with Gasteiger partial charge in [-0.15, -0.1) is 0 Å². The van der Waals surface area contributed by atoms with Crippen molar-refractivity contribution in [2.75, 3.05) is 24.5 Å². The molecule has 2 saturated heterocycles. The van der Waals surface area contributed by atoms with Gasteiger partial charge in [-0.25, -0.2) is 28.1 Å². The van der Waals surface area contributed by atoms with Crippen molar-refractivity contribution in [2.24, 2.45) is 0 Å². The van der Waals surface area contributed by atoms with Crippen LogP contribution >= 0.6 is 0 Å². The number of piperidine rings is 1. The molecule has 5 heterocycles. The number of rotatable bonds is 4. The minimum absolute atomic E-state index is 0.0375. The van der Waals surface area contributed by atoms with Gasteiger partial charge in [0.25, 0.3) is 0 Å². The van der Waals surface area contributed by atoms with Gasteiger partial charge in [-0.1, -0.05) is 0 Å². The Labute approximate surface area is 200 Å². The quantitative estimate of drug-likeness (QED) is 0.469. The first kappa shape index (κ1) is 22.0. The average molecular weight is 480 g/mol. The summed E-state index contributed by atoms with van der Waals surface area (Å²) in [6, 6.07) is 6.47. The SMILES string of the molecule is Fc1ccc(F)c([C@H]2C[C@H](F)CN2c2ccc3ncnc(-c4cnn(C5CCNCC5)c4)c3n2)c1. The standard InChI is InChI=1S/C25H24F3N7/c26-16-1-2-20(28)19(9-16)22-10-17(27)13-34(22)23-4-3-21-25(33-23)24(31-14-30-21)15-11-32-35(12-15)18-5-7-29-8-6-18/h1-4,9,11-12,14,17-18,22,29H,5-8,10,13H2/t17-,22+/m0/s1. The van der Waals surface area contributed by atoms with Crippen LogP contribution in [0.2, 0.25) is 0 Å². The molecule has 0 saturated carbocycles. The second-order valence-electron chi connectivity index (χ2n) is 9.12. The van der Waals surface area contributed by atoms with Gasteiger partial charge in [-0.3, -0.25) is 4.68 Å². The minimum atomic E-state index is -1.19. The molecule has 2 atom stereocenters. The Bertz CT molecular complexity index is 1370. The highest BCUT2D eigenvalue weighted by Crippen LogP contribution is 2.39. The first-order valence-corrected chi connectivity index (χ1v) is 11.8. The van der Waals surface area contributed by atoms with Gasteiger partial charge in [0, 0.05) is 23.7 Å². The Morgan fingerprint density at radius 3 is 2.74 bits per heavy atom. The molecule has 0 radical (unpaired) electrons. The van der Waals surface area contributed by atoms with Gasteiger partial charge in [0.1, 0.15) is 41.2 Å². The van der Waals surface area contributed by atoms with E-state index in [2.05, 4.69) is 20.4 Å². The lowest BCUT2D eigenvalue weighted by Crippen LogP contribution is -2.29. The summed E-state index contributed by atoms with van der Waals surface area (Å²) < 4.78 is 45.0. The first-order chi connectivity index (χ1) is 17.1. The summed E-state index contributed by atoms with van der Waals surface area (Å²) in [6.45, 7) is 1.95. The second-order valence-corrected chi connectivity index (χ2v) is 9.12. The van der Waals surface area contributed by atoms with E-state index in [0.29, 0.717) is 28.6 Å². The molecule has 2 aliphatic heterocycles. The fraction of sp³-hybridized carbons (Fsp3) is 0.360. The Balaban J connectivity index is 1.39. The number of aromatic nitrogens is 5. The molecule has 2 aliphatic rings. The highest BCUT2D eigenvalue weighted by atomic mass is 19.1. The fourth-order valence-electron chi connectivity index (χ4n) is 5.14. The van der Waals surface area contributed by atoms with Crippen molar-refractivity contribution in [3.05, 3.63) is 66.3 Å². The number of nitrogens with one attached hydrogen (secondary N) is 1. The molecule has 1 aromatic carbocycles. The van der Waals surface area contributed by atoms with Crippen LogP contribution < -0.4 is 10.2 Å². The summed E-state index contributed by atoms with van der Waals surface area (Å²) >= 11 is 0. The summed E-state index contributed by atoms with van der Waals surface area (Å²) in [5, 5.41) is 7.92. The molecule has 180 valence electrons. The zero-order valence-electron chi connectivity index (χ0n) is 18.9. The van der Waals surface area contributed by atoms with Crippen LogP contribution in [-0.2, 0) is 0 Å². The van der Waals surface area contributed by atoms with Crippen LogP contribution in [0.5, 0.6) is 0 Å². The molecule has 4 aromatic rings. The van der Waals surface area contributed by atoms with Gasteiger partial charge in [0.2, 0.25) is 0 Å². The van der Waals surface area contributed by atoms with E-state index < -0.39 is 23.8 Å². The number of benzene rings is 1. The van der Waals surface area contributed by atoms with Crippen molar-refractivity contribution in [3.63, 3.8) is 0 Å². The van der Waals surface area contributed by atoms with Crippen LogP contribution in [0.15, 0.2) is 49.1 Å². The van der Waals surface area contributed by atoms with Gasteiger partial charge in [0.15, 0.2) is 0 Å². The highest BCUT2D eigenvalue weighted by molar-refractivity contribution is 5.89. The monoisotopic (exact) mass is 479 g/mol. The zero-order chi connectivity index (χ0) is 23.9. The number of halogens is 3. The molecule has 0 spiro atoms. The third-order valence-corrected chi connectivity index (χ3v) is 6.89. The molecular formula is C25H24F3N7. The smallest absolute Gasteiger partial charge is 0.130 e. The molecule has 10 heteroatoms. The van der Waals surface area contributed by atoms with Crippen LogP contribution in [0, 0.1) is 11.6 Å². The summed E-state index contributed by atoms with van der Waals surface area (Å²) in [6.07, 6.45) is 6.12. The van der Waals surface area contributed by atoms with Crippen LogP contribution in [0.4, 0.5) is 19.0 Å². The maximum atomic E-state index is 14.6. The molecule has 2 fully saturated rings. The third-order valence-electron chi connectivity index (χ3n) is 6.89. The van der Waals surface area contributed by atoms with E-state index in [1.807, 2.05) is 10.9 Å². The van der Waals surface area contributed by atoms with E-state index in [-0.39, 0.29) is 18.5 Å².